The van der Waals surface area contributed by atoms with Crippen LogP contribution in [0.5, 0.6) is 0 Å². The third-order valence-corrected chi connectivity index (χ3v) is 3.10. The Hall–Kier alpha value is -1.10. The predicted octanol–water partition coefficient (Wildman–Crippen LogP) is 2.75. The lowest BCUT2D eigenvalue weighted by Gasteiger charge is -2.13. The van der Waals surface area contributed by atoms with Crippen molar-refractivity contribution in [3.05, 3.63) is 29.0 Å². The third-order valence-electron chi connectivity index (χ3n) is 2.86. The molecule has 0 fully saturated rings. The molecular formula is C13H18ClN3O. The molecular weight excluding hydrogens is 250 g/mol. The number of nitrogens with two attached hydrogens (primary N) is 1. The van der Waals surface area contributed by atoms with Crippen LogP contribution in [0.25, 0.3) is 11.0 Å². The maximum atomic E-state index is 6.10. The van der Waals surface area contributed by atoms with Gasteiger partial charge in [0.15, 0.2) is 0 Å². The van der Waals surface area contributed by atoms with Crippen LogP contribution in [-0.4, -0.2) is 23.3 Å². The van der Waals surface area contributed by atoms with Crippen LogP contribution < -0.4 is 5.73 Å². The van der Waals surface area contributed by atoms with Gasteiger partial charge in [0.1, 0.15) is 5.82 Å². The molecule has 1 unspecified atom stereocenters. The zero-order valence-corrected chi connectivity index (χ0v) is 11.4. The minimum atomic E-state index is -0.215. The van der Waals surface area contributed by atoms with Crippen molar-refractivity contribution in [3.63, 3.8) is 0 Å². The molecule has 1 heterocycles. The van der Waals surface area contributed by atoms with Gasteiger partial charge in [-0.1, -0.05) is 18.5 Å². The summed E-state index contributed by atoms with van der Waals surface area (Å²) >= 11 is 5.99. The van der Waals surface area contributed by atoms with Gasteiger partial charge >= 0.3 is 0 Å². The van der Waals surface area contributed by atoms with E-state index in [1.54, 1.807) is 7.11 Å². The number of rotatable bonds is 5. The molecule has 0 amide bonds. The molecule has 2 rings (SSSR count). The van der Waals surface area contributed by atoms with Crippen molar-refractivity contribution >= 4 is 22.6 Å². The van der Waals surface area contributed by atoms with Gasteiger partial charge in [-0.25, -0.2) is 4.98 Å². The standard InChI is InChI=1S/C13H18ClN3O/c1-3-6-17-12-5-4-9(14)7-11(12)16-13(17)10(15)8-18-2/h4-5,7,10H,3,6,8,15H2,1-2H3. The van der Waals surface area contributed by atoms with Crippen LogP contribution in [0.15, 0.2) is 18.2 Å². The van der Waals surface area contributed by atoms with E-state index in [0.717, 1.165) is 29.8 Å². The molecule has 2 aromatic rings. The van der Waals surface area contributed by atoms with Crippen LogP contribution in [-0.2, 0) is 11.3 Å². The Morgan fingerprint density at radius 3 is 2.94 bits per heavy atom. The number of imidazole rings is 1. The molecule has 0 aliphatic heterocycles. The van der Waals surface area contributed by atoms with Gasteiger partial charge in [0.05, 0.1) is 23.7 Å². The largest absolute Gasteiger partial charge is 0.383 e. The molecule has 0 bridgehead atoms. The summed E-state index contributed by atoms with van der Waals surface area (Å²) in [5, 5.41) is 0.690. The highest BCUT2D eigenvalue weighted by Crippen LogP contribution is 2.23. The van der Waals surface area contributed by atoms with Gasteiger partial charge in [-0.05, 0) is 24.6 Å². The van der Waals surface area contributed by atoms with Crippen LogP contribution in [0.2, 0.25) is 5.02 Å². The first-order chi connectivity index (χ1) is 8.67. The van der Waals surface area contributed by atoms with E-state index in [2.05, 4.69) is 16.5 Å². The van der Waals surface area contributed by atoms with Crippen LogP contribution in [0.3, 0.4) is 0 Å². The average molecular weight is 268 g/mol. The molecule has 1 atom stereocenters. The minimum Gasteiger partial charge on any atom is -0.383 e. The maximum absolute atomic E-state index is 6.10. The van der Waals surface area contributed by atoms with Crippen LogP contribution >= 0.6 is 11.6 Å². The molecule has 4 nitrogen and oxygen atoms in total. The van der Waals surface area contributed by atoms with Crippen molar-refractivity contribution in [2.24, 2.45) is 5.73 Å². The van der Waals surface area contributed by atoms with Crippen molar-refractivity contribution < 1.29 is 4.74 Å². The summed E-state index contributed by atoms with van der Waals surface area (Å²) < 4.78 is 7.25. The summed E-state index contributed by atoms with van der Waals surface area (Å²) in [6.45, 7) is 3.49. The molecule has 0 radical (unpaired) electrons. The van der Waals surface area contributed by atoms with Gasteiger partial charge in [-0.15, -0.1) is 0 Å². The predicted molar refractivity (Wildman–Crippen MR) is 73.8 cm³/mol. The Balaban J connectivity index is 2.53. The zero-order valence-electron chi connectivity index (χ0n) is 10.7. The quantitative estimate of drug-likeness (QED) is 0.906. The second-order valence-corrected chi connectivity index (χ2v) is 4.75. The molecule has 0 spiro atoms. The minimum absolute atomic E-state index is 0.215. The number of hydrogen-bond acceptors (Lipinski definition) is 3. The number of fused-ring (bicyclic) bond motifs is 1. The summed E-state index contributed by atoms with van der Waals surface area (Å²) in [4.78, 5) is 4.58. The van der Waals surface area contributed by atoms with E-state index in [4.69, 9.17) is 22.1 Å². The monoisotopic (exact) mass is 267 g/mol. The van der Waals surface area contributed by atoms with E-state index in [1.165, 1.54) is 0 Å². The SMILES string of the molecule is CCCn1c(C(N)COC)nc2cc(Cl)ccc21. The highest BCUT2D eigenvalue weighted by molar-refractivity contribution is 6.31. The lowest BCUT2D eigenvalue weighted by molar-refractivity contribution is 0.177. The van der Waals surface area contributed by atoms with E-state index in [-0.39, 0.29) is 6.04 Å². The number of aryl methyl sites for hydroxylation is 1. The van der Waals surface area contributed by atoms with Gasteiger partial charge in [-0.3, -0.25) is 0 Å². The Morgan fingerprint density at radius 2 is 2.28 bits per heavy atom. The fourth-order valence-corrected chi connectivity index (χ4v) is 2.28. The highest BCUT2D eigenvalue weighted by atomic mass is 35.5. The molecule has 0 saturated heterocycles. The molecule has 1 aromatic carbocycles. The van der Waals surface area contributed by atoms with Crippen molar-refractivity contribution in [3.8, 4) is 0 Å². The Labute approximate surface area is 112 Å². The second kappa shape index (κ2) is 5.69. The van der Waals surface area contributed by atoms with Gasteiger partial charge < -0.3 is 15.0 Å². The first kappa shape index (κ1) is 13.3. The molecule has 98 valence electrons. The van der Waals surface area contributed by atoms with Gasteiger partial charge in [0, 0.05) is 18.7 Å². The smallest absolute Gasteiger partial charge is 0.129 e. The Kier molecular flexibility index (Phi) is 4.22. The number of benzene rings is 1. The van der Waals surface area contributed by atoms with Crippen LogP contribution in [0.4, 0.5) is 0 Å². The first-order valence-electron chi connectivity index (χ1n) is 6.07. The molecule has 0 aliphatic carbocycles. The van der Waals surface area contributed by atoms with Crippen LogP contribution in [0.1, 0.15) is 25.2 Å². The Bertz CT molecular complexity index is 538. The van der Waals surface area contributed by atoms with Crippen molar-refractivity contribution in [2.45, 2.75) is 25.9 Å². The molecule has 5 heteroatoms. The number of ether oxygens (including phenoxy) is 1. The Morgan fingerprint density at radius 1 is 1.50 bits per heavy atom. The van der Waals surface area contributed by atoms with E-state index in [1.807, 2.05) is 18.2 Å². The molecule has 0 aliphatic rings. The lowest BCUT2D eigenvalue weighted by Crippen LogP contribution is -2.21. The maximum Gasteiger partial charge on any atom is 0.129 e. The van der Waals surface area contributed by atoms with E-state index >= 15 is 0 Å². The number of methoxy groups -OCH3 is 1. The second-order valence-electron chi connectivity index (χ2n) is 4.32. The number of halogens is 1. The number of aromatic nitrogens is 2. The number of nitrogens with zero attached hydrogens (tertiary/aromatic N) is 2. The lowest BCUT2D eigenvalue weighted by atomic mass is 10.3. The molecule has 2 N–H and O–H groups in total. The number of hydrogen-bond donors (Lipinski definition) is 1. The van der Waals surface area contributed by atoms with E-state index < -0.39 is 0 Å². The van der Waals surface area contributed by atoms with Crippen molar-refractivity contribution in [1.29, 1.82) is 0 Å². The molecule has 0 saturated carbocycles. The first-order valence-corrected chi connectivity index (χ1v) is 6.45. The fraction of sp³-hybridized carbons (Fsp3) is 0.462. The van der Waals surface area contributed by atoms with Crippen LogP contribution in [0, 0.1) is 0 Å². The van der Waals surface area contributed by atoms with Gasteiger partial charge in [-0.2, -0.15) is 0 Å². The topological polar surface area (TPSA) is 53.1 Å². The fourth-order valence-electron chi connectivity index (χ4n) is 2.12. The summed E-state index contributed by atoms with van der Waals surface area (Å²) in [5.74, 6) is 0.857. The zero-order chi connectivity index (χ0) is 13.1. The third kappa shape index (κ3) is 2.51. The summed E-state index contributed by atoms with van der Waals surface area (Å²) in [6.07, 6.45) is 1.03. The van der Waals surface area contributed by atoms with Crippen molar-refractivity contribution in [1.82, 2.24) is 9.55 Å². The molecule has 1 aromatic heterocycles. The highest BCUT2D eigenvalue weighted by Gasteiger charge is 2.16. The van der Waals surface area contributed by atoms with E-state index in [0.29, 0.717) is 11.6 Å². The van der Waals surface area contributed by atoms with E-state index in [9.17, 15) is 0 Å². The molecule has 18 heavy (non-hydrogen) atoms. The normalized spacial score (nSPS) is 13.1. The van der Waals surface area contributed by atoms with Gasteiger partial charge in [0.25, 0.3) is 0 Å². The summed E-state index contributed by atoms with van der Waals surface area (Å²) in [6, 6.07) is 5.52. The summed E-state index contributed by atoms with van der Waals surface area (Å²) in [7, 11) is 1.64. The van der Waals surface area contributed by atoms with Gasteiger partial charge in [0.2, 0.25) is 0 Å². The summed E-state index contributed by atoms with van der Waals surface area (Å²) in [5.41, 5.74) is 8.06. The average Bonchev–Trinajstić information content (AvgIpc) is 2.68. The van der Waals surface area contributed by atoms with Crippen molar-refractivity contribution in [2.75, 3.05) is 13.7 Å².